The van der Waals surface area contributed by atoms with Crippen LogP contribution >= 0.6 is 0 Å². The van der Waals surface area contributed by atoms with Crippen molar-refractivity contribution in [3.05, 3.63) is 0 Å². The number of nitrogens with zero attached hydrogens (tertiary/aromatic N) is 1. The van der Waals surface area contributed by atoms with Crippen LogP contribution in [0.25, 0.3) is 0 Å². The minimum atomic E-state index is -0.133. The molecule has 3 N–H and O–H groups in total. The molecule has 1 saturated carbocycles. The molecule has 1 rings (SSSR count). The number of amides is 1. The number of likely N-dealkylation sites (N-methyl/N-ethyl adjacent to an activating group) is 1. The van der Waals surface area contributed by atoms with E-state index in [1.54, 1.807) is 0 Å². The van der Waals surface area contributed by atoms with Crippen molar-refractivity contribution in [3.63, 3.8) is 0 Å². The van der Waals surface area contributed by atoms with Gasteiger partial charge in [0.1, 0.15) is 0 Å². The predicted octanol–water partition coefficient (Wildman–Crippen LogP) is 2.13. The SMILES string of the molecule is CCC(C)(C)NC(=O)C(C)N(C)C1CCCCC1CN. The van der Waals surface area contributed by atoms with Crippen LogP contribution in [0.1, 0.15) is 59.8 Å². The first kappa shape index (κ1) is 17.4. The van der Waals surface area contributed by atoms with Crippen LogP contribution in [0.15, 0.2) is 0 Å². The first-order valence-electron chi connectivity index (χ1n) is 8.06. The summed E-state index contributed by atoms with van der Waals surface area (Å²) < 4.78 is 0. The van der Waals surface area contributed by atoms with Crippen molar-refractivity contribution >= 4 is 5.91 Å². The Hall–Kier alpha value is -0.610. The Bertz CT molecular complexity index is 317. The summed E-state index contributed by atoms with van der Waals surface area (Å²) in [5.41, 5.74) is 5.77. The first-order chi connectivity index (χ1) is 9.32. The van der Waals surface area contributed by atoms with E-state index in [0.29, 0.717) is 12.0 Å². The van der Waals surface area contributed by atoms with Crippen molar-refractivity contribution in [2.45, 2.75) is 77.4 Å². The summed E-state index contributed by atoms with van der Waals surface area (Å²) in [6, 6.07) is 0.345. The van der Waals surface area contributed by atoms with E-state index in [9.17, 15) is 4.79 Å². The molecule has 0 saturated heterocycles. The summed E-state index contributed by atoms with van der Waals surface area (Å²) in [4.78, 5) is 14.6. The third-order valence-corrected chi connectivity index (χ3v) is 5.03. The molecule has 4 heteroatoms. The lowest BCUT2D eigenvalue weighted by Gasteiger charge is -2.40. The number of rotatable bonds is 6. The Balaban J connectivity index is 2.65. The van der Waals surface area contributed by atoms with Crippen molar-refractivity contribution in [3.8, 4) is 0 Å². The maximum Gasteiger partial charge on any atom is 0.237 e. The molecule has 118 valence electrons. The fourth-order valence-electron chi connectivity index (χ4n) is 3.00. The van der Waals surface area contributed by atoms with E-state index in [0.717, 1.165) is 19.4 Å². The van der Waals surface area contributed by atoms with Gasteiger partial charge < -0.3 is 11.1 Å². The van der Waals surface area contributed by atoms with Crippen molar-refractivity contribution in [2.24, 2.45) is 11.7 Å². The number of nitrogens with two attached hydrogens (primary N) is 1. The summed E-state index contributed by atoms with van der Waals surface area (Å²) in [5, 5.41) is 3.15. The number of hydrogen-bond acceptors (Lipinski definition) is 3. The lowest BCUT2D eigenvalue weighted by Crippen LogP contribution is -2.55. The molecule has 0 aromatic heterocycles. The van der Waals surface area contributed by atoms with E-state index in [4.69, 9.17) is 5.73 Å². The molecule has 3 atom stereocenters. The standard InChI is InChI=1S/C16H33N3O/c1-6-16(3,4)18-15(20)12(2)19(5)14-10-8-7-9-13(14)11-17/h12-14H,6-11,17H2,1-5H3,(H,18,20). The normalized spacial score (nSPS) is 25.6. The maximum atomic E-state index is 12.4. The highest BCUT2D eigenvalue weighted by Gasteiger charge is 2.33. The Labute approximate surface area is 124 Å². The van der Waals surface area contributed by atoms with Crippen LogP contribution in [0.2, 0.25) is 0 Å². The Morgan fingerprint density at radius 3 is 2.55 bits per heavy atom. The molecule has 4 nitrogen and oxygen atoms in total. The quantitative estimate of drug-likeness (QED) is 0.785. The van der Waals surface area contributed by atoms with E-state index < -0.39 is 0 Å². The van der Waals surface area contributed by atoms with E-state index in [1.807, 2.05) is 6.92 Å². The highest BCUT2D eigenvalue weighted by molar-refractivity contribution is 5.82. The Kier molecular flexibility index (Phi) is 6.46. The van der Waals surface area contributed by atoms with Crippen LogP contribution in [0.5, 0.6) is 0 Å². The molecular weight excluding hydrogens is 250 g/mol. The van der Waals surface area contributed by atoms with Crippen LogP contribution < -0.4 is 11.1 Å². The summed E-state index contributed by atoms with van der Waals surface area (Å²) in [5.74, 6) is 0.656. The van der Waals surface area contributed by atoms with Crippen LogP contribution in [0.3, 0.4) is 0 Å². The molecule has 1 amide bonds. The van der Waals surface area contributed by atoms with Gasteiger partial charge in [0.2, 0.25) is 5.91 Å². The van der Waals surface area contributed by atoms with Gasteiger partial charge in [-0.3, -0.25) is 9.69 Å². The molecule has 0 spiro atoms. The molecule has 0 bridgehead atoms. The second kappa shape index (κ2) is 7.41. The van der Waals surface area contributed by atoms with Gasteiger partial charge in [-0.1, -0.05) is 19.8 Å². The van der Waals surface area contributed by atoms with Gasteiger partial charge in [0.25, 0.3) is 0 Å². The number of carbonyl (C=O) groups is 1. The van der Waals surface area contributed by atoms with Crippen molar-refractivity contribution < 1.29 is 4.79 Å². The summed E-state index contributed by atoms with van der Waals surface area (Å²) >= 11 is 0. The molecule has 0 radical (unpaired) electrons. The molecule has 3 unspecified atom stereocenters. The monoisotopic (exact) mass is 283 g/mol. The van der Waals surface area contributed by atoms with Crippen LogP contribution in [-0.2, 0) is 4.79 Å². The molecule has 1 aliphatic carbocycles. The third kappa shape index (κ3) is 4.45. The van der Waals surface area contributed by atoms with Gasteiger partial charge in [0.15, 0.2) is 0 Å². The zero-order valence-corrected chi connectivity index (χ0v) is 13.9. The lowest BCUT2D eigenvalue weighted by molar-refractivity contribution is -0.128. The molecule has 1 aliphatic rings. The van der Waals surface area contributed by atoms with Crippen molar-refractivity contribution in [1.82, 2.24) is 10.2 Å². The summed E-state index contributed by atoms with van der Waals surface area (Å²) in [6.07, 6.45) is 5.81. The summed E-state index contributed by atoms with van der Waals surface area (Å²) in [7, 11) is 2.07. The van der Waals surface area contributed by atoms with Gasteiger partial charge in [-0.05, 0) is 59.5 Å². The molecular formula is C16H33N3O. The predicted molar refractivity (Wildman–Crippen MR) is 84.5 cm³/mol. The van der Waals surface area contributed by atoms with Gasteiger partial charge >= 0.3 is 0 Å². The van der Waals surface area contributed by atoms with Gasteiger partial charge in [-0.15, -0.1) is 0 Å². The Morgan fingerprint density at radius 2 is 2.00 bits per heavy atom. The highest BCUT2D eigenvalue weighted by atomic mass is 16.2. The molecule has 0 heterocycles. The first-order valence-corrected chi connectivity index (χ1v) is 8.06. The number of nitrogens with one attached hydrogen (secondary N) is 1. The molecule has 0 aromatic carbocycles. The van der Waals surface area contributed by atoms with E-state index >= 15 is 0 Å². The fraction of sp³-hybridized carbons (Fsp3) is 0.938. The zero-order valence-electron chi connectivity index (χ0n) is 13.9. The van der Waals surface area contributed by atoms with Gasteiger partial charge in [0, 0.05) is 11.6 Å². The number of hydrogen-bond donors (Lipinski definition) is 2. The van der Waals surface area contributed by atoms with E-state index in [1.165, 1.54) is 19.3 Å². The Morgan fingerprint density at radius 1 is 1.40 bits per heavy atom. The average Bonchev–Trinajstić information content (AvgIpc) is 2.45. The van der Waals surface area contributed by atoms with E-state index in [-0.39, 0.29) is 17.5 Å². The third-order valence-electron chi connectivity index (χ3n) is 5.03. The average molecular weight is 283 g/mol. The minimum Gasteiger partial charge on any atom is -0.350 e. The zero-order chi connectivity index (χ0) is 15.3. The molecule has 20 heavy (non-hydrogen) atoms. The van der Waals surface area contributed by atoms with Crippen LogP contribution in [0, 0.1) is 5.92 Å². The van der Waals surface area contributed by atoms with Gasteiger partial charge in [-0.25, -0.2) is 0 Å². The fourth-order valence-corrected chi connectivity index (χ4v) is 3.00. The summed E-state index contributed by atoms with van der Waals surface area (Å²) in [6.45, 7) is 8.97. The van der Waals surface area contributed by atoms with Crippen molar-refractivity contribution in [1.29, 1.82) is 0 Å². The second-order valence-corrected chi connectivity index (χ2v) is 6.92. The van der Waals surface area contributed by atoms with Gasteiger partial charge in [-0.2, -0.15) is 0 Å². The highest BCUT2D eigenvalue weighted by Crippen LogP contribution is 2.28. The van der Waals surface area contributed by atoms with Crippen molar-refractivity contribution in [2.75, 3.05) is 13.6 Å². The molecule has 0 aliphatic heterocycles. The maximum absolute atomic E-state index is 12.4. The van der Waals surface area contributed by atoms with Gasteiger partial charge in [0.05, 0.1) is 6.04 Å². The molecule has 1 fully saturated rings. The topological polar surface area (TPSA) is 58.4 Å². The lowest BCUT2D eigenvalue weighted by atomic mass is 9.83. The smallest absolute Gasteiger partial charge is 0.237 e. The van der Waals surface area contributed by atoms with Crippen LogP contribution in [-0.4, -0.2) is 42.0 Å². The van der Waals surface area contributed by atoms with Crippen LogP contribution in [0.4, 0.5) is 0 Å². The number of carbonyl (C=O) groups excluding carboxylic acids is 1. The largest absolute Gasteiger partial charge is 0.350 e. The second-order valence-electron chi connectivity index (χ2n) is 6.92. The van der Waals surface area contributed by atoms with E-state index in [2.05, 4.69) is 38.0 Å². The molecule has 0 aromatic rings. The minimum absolute atomic E-state index is 0.0991.